The van der Waals surface area contributed by atoms with Crippen LogP contribution in [-0.4, -0.2) is 47.2 Å². The van der Waals surface area contributed by atoms with E-state index in [1.165, 1.54) is 25.7 Å². The van der Waals surface area contributed by atoms with Gasteiger partial charge >= 0.3 is 0 Å². The van der Waals surface area contributed by atoms with Crippen LogP contribution >= 0.6 is 0 Å². The van der Waals surface area contributed by atoms with E-state index in [1.54, 1.807) is 0 Å². The van der Waals surface area contributed by atoms with Crippen molar-refractivity contribution in [2.75, 3.05) is 13.1 Å². The van der Waals surface area contributed by atoms with Crippen LogP contribution in [-0.2, 0) is 4.79 Å². The predicted molar refractivity (Wildman–Crippen MR) is 64.5 cm³/mol. The van der Waals surface area contributed by atoms with Gasteiger partial charge in [-0.2, -0.15) is 0 Å². The van der Waals surface area contributed by atoms with Gasteiger partial charge in [0.05, 0.1) is 6.10 Å². The maximum Gasteiger partial charge on any atom is 0.222 e. The number of hydrogen-bond acceptors (Lipinski definition) is 3. The first-order valence-electron chi connectivity index (χ1n) is 6.92. The molecule has 2 unspecified atom stereocenters. The zero-order chi connectivity index (χ0) is 11.8. The molecule has 3 fully saturated rings. The van der Waals surface area contributed by atoms with Crippen molar-refractivity contribution in [1.29, 1.82) is 0 Å². The summed E-state index contributed by atoms with van der Waals surface area (Å²) in [6.45, 7) is 1.30. The van der Waals surface area contributed by atoms with Gasteiger partial charge in [-0.05, 0) is 38.0 Å². The van der Waals surface area contributed by atoms with Crippen molar-refractivity contribution in [3.05, 3.63) is 0 Å². The van der Waals surface area contributed by atoms with Crippen molar-refractivity contribution in [3.63, 3.8) is 0 Å². The number of likely N-dealkylation sites (tertiary alicyclic amines) is 1. The Hall–Kier alpha value is -0.610. The third kappa shape index (κ3) is 2.47. The van der Waals surface area contributed by atoms with E-state index in [2.05, 4.69) is 5.32 Å². The van der Waals surface area contributed by atoms with Gasteiger partial charge in [-0.15, -0.1) is 0 Å². The van der Waals surface area contributed by atoms with Crippen LogP contribution in [0.15, 0.2) is 0 Å². The van der Waals surface area contributed by atoms with Crippen molar-refractivity contribution >= 4 is 5.91 Å². The van der Waals surface area contributed by atoms with Crippen LogP contribution in [0.3, 0.4) is 0 Å². The van der Waals surface area contributed by atoms with Gasteiger partial charge < -0.3 is 15.3 Å². The molecule has 17 heavy (non-hydrogen) atoms. The summed E-state index contributed by atoms with van der Waals surface area (Å²) in [6.07, 6.45) is 6.07. The van der Waals surface area contributed by atoms with Crippen LogP contribution in [0.1, 0.15) is 38.5 Å². The molecule has 3 aliphatic heterocycles. The number of nitrogens with zero attached hydrogens (tertiary/aromatic N) is 1. The lowest BCUT2D eigenvalue weighted by Crippen LogP contribution is -2.40. The average molecular weight is 238 g/mol. The van der Waals surface area contributed by atoms with Crippen LogP contribution < -0.4 is 5.32 Å². The lowest BCUT2D eigenvalue weighted by Gasteiger charge is -2.29. The van der Waals surface area contributed by atoms with Crippen LogP contribution in [0, 0.1) is 5.92 Å². The molecular weight excluding hydrogens is 216 g/mol. The smallest absolute Gasteiger partial charge is 0.222 e. The van der Waals surface area contributed by atoms with Gasteiger partial charge in [0.1, 0.15) is 0 Å². The molecule has 4 heteroatoms. The molecular formula is C13H22N2O2. The van der Waals surface area contributed by atoms with Gasteiger partial charge in [0.25, 0.3) is 0 Å². The van der Waals surface area contributed by atoms with Gasteiger partial charge in [0.15, 0.2) is 0 Å². The lowest BCUT2D eigenvalue weighted by molar-refractivity contribution is -0.131. The highest BCUT2D eigenvalue weighted by atomic mass is 16.3. The number of aliphatic hydroxyl groups is 1. The summed E-state index contributed by atoms with van der Waals surface area (Å²) in [5.74, 6) is 0.826. The monoisotopic (exact) mass is 238 g/mol. The van der Waals surface area contributed by atoms with Gasteiger partial charge in [-0.3, -0.25) is 4.79 Å². The molecule has 3 rings (SSSR count). The van der Waals surface area contributed by atoms with Crippen LogP contribution in [0.25, 0.3) is 0 Å². The van der Waals surface area contributed by atoms with Crippen molar-refractivity contribution in [3.8, 4) is 0 Å². The Morgan fingerprint density at radius 3 is 2.53 bits per heavy atom. The minimum atomic E-state index is -0.289. The van der Waals surface area contributed by atoms with E-state index < -0.39 is 0 Å². The van der Waals surface area contributed by atoms with E-state index in [-0.39, 0.29) is 12.0 Å². The fourth-order valence-corrected chi connectivity index (χ4v) is 3.69. The molecule has 3 aliphatic rings. The first-order chi connectivity index (χ1) is 8.20. The molecule has 2 N–H and O–H groups in total. The zero-order valence-electron chi connectivity index (χ0n) is 10.3. The van der Waals surface area contributed by atoms with Crippen LogP contribution in [0.4, 0.5) is 0 Å². The van der Waals surface area contributed by atoms with Gasteiger partial charge in [-0.25, -0.2) is 0 Å². The summed E-state index contributed by atoms with van der Waals surface area (Å²) in [5.41, 5.74) is 0. The Morgan fingerprint density at radius 1 is 1.24 bits per heavy atom. The normalized spacial score (nSPS) is 40.9. The van der Waals surface area contributed by atoms with Gasteiger partial charge in [0, 0.05) is 31.6 Å². The minimum absolute atomic E-state index is 0.257. The number of carbonyl (C=O) groups excluding carboxylic acids is 1. The van der Waals surface area contributed by atoms with E-state index in [4.69, 9.17) is 0 Å². The van der Waals surface area contributed by atoms with Crippen molar-refractivity contribution in [2.24, 2.45) is 5.92 Å². The predicted octanol–water partition coefficient (Wildman–Crippen LogP) is 0.500. The highest BCUT2D eigenvalue weighted by Crippen LogP contribution is 2.33. The van der Waals surface area contributed by atoms with E-state index >= 15 is 0 Å². The van der Waals surface area contributed by atoms with Crippen molar-refractivity contribution in [1.82, 2.24) is 10.2 Å². The molecule has 96 valence electrons. The number of hydrogen-bond donors (Lipinski definition) is 2. The molecule has 4 nitrogen and oxygen atoms in total. The zero-order valence-corrected chi connectivity index (χ0v) is 10.3. The molecule has 0 aromatic heterocycles. The van der Waals surface area contributed by atoms with Gasteiger partial charge in [0.2, 0.25) is 5.91 Å². The molecule has 2 bridgehead atoms. The number of β-amino-alcohol motifs (C(OH)–C–C–N with tert-alkyl or cyclic N) is 1. The number of carbonyl (C=O) groups is 1. The van der Waals surface area contributed by atoms with E-state index in [0.29, 0.717) is 31.0 Å². The third-order valence-corrected chi connectivity index (χ3v) is 4.55. The van der Waals surface area contributed by atoms with E-state index in [1.807, 2.05) is 4.90 Å². The molecule has 0 aromatic carbocycles. The van der Waals surface area contributed by atoms with E-state index in [9.17, 15) is 9.90 Å². The molecule has 3 saturated heterocycles. The second-order valence-electron chi connectivity index (χ2n) is 5.96. The van der Waals surface area contributed by atoms with Crippen molar-refractivity contribution < 1.29 is 9.90 Å². The summed E-state index contributed by atoms with van der Waals surface area (Å²) in [6, 6.07) is 1.33. The summed E-state index contributed by atoms with van der Waals surface area (Å²) in [7, 11) is 0. The first kappa shape index (κ1) is 11.5. The molecule has 0 aromatic rings. The van der Waals surface area contributed by atoms with Crippen LogP contribution in [0.2, 0.25) is 0 Å². The number of amides is 1. The standard InChI is InChI=1S/C13H22N2O2/c16-12-3-4-15(8-12)13(17)7-9-5-10-1-2-11(6-9)14-10/h9-12,14,16H,1-8H2/t9?,10?,11?,12-/m1/s1. The molecule has 0 aliphatic carbocycles. The fourth-order valence-electron chi connectivity index (χ4n) is 3.69. The number of aliphatic hydroxyl groups excluding tert-OH is 1. The Bertz CT molecular complexity index is 296. The SMILES string of the molecule is O=C(CC1CC2CCC(C1)N2)N1CC[C@@H](O)C1. The largest absolute Gasteiger partial charge is 0.391 e. The molecule has 3 heterocycles. The Balaban J connectivity index is 1.51. The Morgan fingerprint density at radius 2 is 1.94 bits per heavy atom. The molecule has 0 spiro atoms. The molecule has 0 saturated carbocycles. The van der Waals surface area contributed by atoms with Gasteiger partial charge in [-0.1, -0.05) is 0 Å². The van der Waals surface area contributed by atoms with Crippen molar-refractivity contribution in [2.45, 2.75) is 56.7 Å². The topological polar surface area (TPSA) is 52.6 Å². The maximum atomic E-state index is 12.1. The number of piperidine rings is 1. The first-order valence-corrected chi connectivity index (χ1v) is 6.92. The average Bonchev–Trinajstić information content (AvgIpc) is 2.85. The Kier molecular flexibility index (Phi) is 3.09. The number of rotatable bonds is 2. The summed E-state index contributed by atoms with van der Waals surface area (Å²) in [4.78, 5) is 13.9. The second-order valence-corrected chi connectivity index (χ2v) is 5.96. The Labute approximate surface area is 102 Å². The highest BCUT2D eigenvalue weighted by Gasteiger charge is 2.35. The fraction of sp³-hybridized carbons (Fsp3) is 0.923. The number of nitrogens with one attached hydrogen (secondary N) is 1. The maximum absolute atomic E-state index is 12.1. The second kappa shape index (κ2) is 4.58. The molecule has 0 radical (unpaired) electrons. The summed E-state index contributed by atoms with van der Waals surface area (Å²) in [5, 5.41) is 13.0. The third-order valence-electron chi connectivity index (χ3n) is 4.55. The highest BCUT2D eigenvalue weighted by molar-refractivity contribution is 5.76. The minimum Gasteiger partial charge on any atom is -0.391 e. The summed E-state index contributed by atoms with van der Waals surface area (Å²) < 4.78 is 0. The van der Waals surface area contributed by atoms with Crippen LogP contribution in [0.5, 0.6) is 0 Å². The summed E-state index contributed by atoms with van der Waals surface area (Å²) >= 11 is 0. The van der Waals surface area contributed by atoms with E-state index in [0.717, 1.165) is 13.0 Å². The number of fused-ring (bicyclic) bond motifs is 2. The quantitative estimate of drug-likeness (QED) is 0.736. The molecule has 3 atom stereocenters. The lowest BCUT2D eigenvalue weighted by atomic mass is 9.89. The molecule has 1 amide bonds.